The highest BCUT2D eigenvalue weighted by Gasteiger charge is 2.25. The minimum absolute atomic E-state index is 0.258. The van der Waals surface area contributed by atoms with Crippen LogP contribution in [0.4, 0.5) is 5.82 Å². The van der Waals surface area contributed by atoms with Crippen LogP contribution in [0.1, 0.15) is 25.3 Å². The molecule has 6 rings (SSSR count). The second kappa shape index (κ2) is 8.78. The molecule has 0 amide bonds. The molecule has 3 aromatic heterocycles. The molecule has 0 saturated carbocycles. The Labute approximate surface area is 208 Å². The van der Waals surface area contributed by atoms with Gasteiger partial charge in [0.1, 0.15) is 11.5 Å². The number of piperidine rings is 1. The summed E-state index contributed by atoms with van der Waals surface area (Å²) >= 11 is 0. The van der Waals surface area contributed by atoms with Gasteiger partial charge in [0.15, 0.2) is 0 Å². The molecule has 1 aliphatic rings. The SMILES string of the molecule is CCc1cccc2c(-c3cccc4nn(C)cc34)nn(-c3ccc(N4CCC(C(=O)O)CC4)nc3)c12. The van der Waals surface area contributed by atoms with Crippen molar-refractivity contribution >= 4 is 33.6 Å². The van der Waals surface area contributed by atoms with E-state index in [9.17, 15) is 9.90 Å². The average molecular weight is 481 g/mol. The van der Waals surface area contributed by atoms with E-state index in [0.717, 1.165) is 51.0 Å². The van der Waals surface area contributed by atoms with Gasteiger partial charge in [-0.15, -0.1) is 0 Å². The summed E-state index contributed by atoms with van der Waals surface area (Å²) in [4.78, 5) is 18.2. The predicted octanol–water partition coefficient (Wildman–Crippen LogP) is 4.84. The molecule has 0 bridgehead atoms. The van der Waals surface area contributed by atoms with Crippen LogP contribution in [0.3, 0.4) is 0 Å². The Balaban J connectivity index is 1.43. The van der Waals surface area contributed by atoms with Gasteiger partial charge in [-0.05, 0) is 43.0 Å². The van der Waals surface area contributed by atoms with E-state index in [-0.39, 0.29) is 5.92 Å². The van der Waals surface area contributed by atoms with Gasteiger partial charge in [0, 0.05) is 42.7 Å². The second-order valence-corrected chi connectivity index (χ2v) is 9.44. The van der Waals surface area contributed by atoms with Crippen molar-refractivity contribution in [3.05, 3.63) is 66.5 Å². The molecule has 4 heterocycles. The first kappa shape index (κ1) is 22.3. The fourth-order valence-corrected chi connectivity index (χ4v) is 5.32. The molecule has 1 aliphatic heterocycles. The fraction of sp³-hybridized carbons (Fsp3) is 0.286. The summed E-state index contributed by atoms with van der Waals surface area (Å²) in [5.74, 6) is -0.0887. The number of nitrogens with zero attached hydrogens (tertiary/aromatic N) is 6. The highest BCUT2D eigenvalue weighted by atomic mass is 16.4. The number of aromatic nitrogens is 5. The lowest BCUT2D eigenvalue weighted by atomic mass is 9.97. The minimum atomic E-state index is -0.701. The number of carbonyl (C=O) groups is 1. The zero-order valence-corrected chi connectivity index (χ0v) is 20.4. The topological polar surface area (TPSA) is 89.1 Å². The standard InChI is InChI=1S/C28H28N6O2/c1-3-18-6-4-8-22-26(21-7-5-9-24-23(21)17-32(2)30-24)31-34(27(18)22)20-10-11-25(29-16-20)33-14-12-19(13-15-33)28(35)36/h4-11,16-17,19H,3,12-15H2,1-2H3,(H,35,36). The Morgan fingerprint density at radius 3 is 2.56 bits per heavy atom. The molecular formula is C28H28N6O2. The molecule has 0 radical (unpaired) electrons. The summed E-state index contributed by atoms with van der Waals surface area (Å²) in [6, 6.07) is 16.6. The fourth-order valence-electron chi connectivity index (χ4n) is 5.32. The quantitative estimate of drug-likeness (QED) is 0.387. The first-order chi connectivity index (χ1) is 17.5. The van der Waals surface area contributed by atoms with Gasteiger partial charge in [0.2, 0.25) is 0 Å². The van der Waals surface area contributed by atoms with Gasteiger partial charge in [-0.2, -0.15) is 10.2 Å². The van der Waals surface area contributed by atoms with Crippen LogP contribution in [-0.2, 0) is 18.3 Å². The molecule has 0 spiro atoms. The summed E-state index contributed by atoms with van der Waals surface area (Å²) < 4.78 is 3.85. The minimum Gasteiger partial charge on any atom is -0.481 e. The Morgan fingerprint density at radius 1 is 1.03 bits per heavy atom. The van der Waals surface area contributed by atoms with Gasteiger partial charge in [-0.1, -0.05) is 37.3 Å². The number of fused-ring (bicyclic) bond motifs is 2. The molecule has 1 saturated heterocycles. The molecule has 5 aromatic rings. The van der Waals surface area contributed by atoms with Crippen LogP contribution in [0.25, 0.3) is 38.8 Å². The van der Waals surface area contributed by atoms with E-state index in [1.54, 1.807) is 0 Å². The van der Waals surface area contributed by atoms with E-state index < -0.39 is 5.97 Å². The summed E-state index contributed by atoms with van der Waals surface area (Å²) in [6.07, 6.45) is 6.09. The van der Waals surface area contributed by atoms with Crippen LogP contribution in [-0.4, -0.2) is 48.7 Å². The highest BCUT2D eigenvalue weighted by molar-refractivity contribution is 6.03. The Bertz CT molecular complexity index is 1580. The summed E-state index contributed by atoms with van der Waals surface area (Å²) in [6.45, 7) is 3.57. The van der Waals surface area contributed by atoms with Crippen LogP contribution >= 0.6 is 0 Å². The molecule has 1 fully saturated rings. The van der Waals surface area contributed by atoms with Gasteiger partial charge in [0.25, 0.3) is 0 Å². The summed E-state index contributed by atoms with van der Waals surface area (Å²) in [5.41, 5.74) is 6.15. The van der Waals surface area contributed by atoms with Crippen molar-refractivity contribution < 1.29 is 9.90 Å². The largest absolute Gasteiger partial charge is 0.481 e. The molecule has 182 valence electrons. The van der Waals surface area contributed by atoms with Gasteiger partial charge < -0.3 is 10.0 Å². The predicted molar refractivity (Wildman–Crippen MR) is 141 cm³/mol. The second-order valence-electron chi connectivity index (χ2n) is 9.44. The number of pyridine rings is 1. The third-order valence-electron chi connectivity index (χ3n) is 7.23. The Hall–Kier alpha value is -4.20. The van der Waals surface area contributed by atoms with E-state index in [4.69, 9.17) is 10.1 Å². The smallest absolute Gasteiger partial charge is 0.306 e. The number of benzene rings is 2. The number of aliphatic carboxylic acids is 1. The maximum absolute atomic E-state index is 11.3. The number of carboxylic acids is 1. The lowest BCUT2D eigenvalue weighted by Crippen LogP contribution is -2.36. The zero-order chi connectivity index (χ0) is 24.8. The zero-order valence-electron chi connectivity index (χ0n) is 20.4. The van der Waals surface area contributed by atoms with Crippen LogP contribution in [0.15, 0.2) is 60.9 Å². The van der Waals surface area contributed by atoms with Crippen LogP contribution in [0.5, 0.6) is 0 Å². The summed E-state index contributed by atoms with van der Waals surface area (Å²) in [7, 11) is 1.94. The lowest BCUT2D eigenvalue weighted by molar-refractivity contribution is -0.142. The number of rotatable bonds is 5. The van der Waals surface area contributed by atoms with Crippen LogP contribution in [0.2, 0.25) is 0 Å². The normalized spacial score (nSPS) is 14.7. The monoisotopic (exact) mass is 480 g/mol. The number of para-hydroxylation sites is 1. The number of anilines is 1. The molecule has 8 heteroatoms. The van der Waals surface area contributed by atoms with Gasteiger partial charge in [-0.25, -0.2) is 9.67 Å². The molecule has 1 N–H and O–H groups in total. The van der Waals surface area contributed by atoms with Gasteiger partial charge in [-0.3, -0.25) is 9.48 Å². The van der Waals surface area contributed by atoms with Crippen molar-refractivity contribution in [3.63, 3.8) is 0 Å². The molecule has 2 aromatic carbocycles. The van der Waals surface area contributed by atoms with E-state index in [1.807, 2.05) is 47.0 Å². The molecule has 8 nitrogen and oxygen atoms in total. The van der Waals surface area contributed by atoms with E-state index >= 15 is 0 Å². The van der Waals surface area contributed by atoms with Gasteiger partial charge >= 0.3 is 5.97 Å². The van der Waals surface area contributed by atoms with Crippen molar-refractivity contribution in [1.82, 2.24) is 24.5 Å². The Kier molecular flexibility index (Phi) is 5.44. The first-order valence-corrected chi connectivity index (χ1v) is 12.4. The molecule has 0 unspecified atom stereocenters. The maximum atomic E-state index is 11.3. The van der Waals surface area contributed by atoms with Crippen LogP contribution < -0.4 is 4.90 Å². The summed E-state index contributed by atoms with van der Waals surface area (Å²) in [5, 5.41) is 21.2. The van der Waals surface area contributed by atoms with Crippen LogP contribution in [0, 0.1) is 5.92 Å². The average Bonchev–Trinajstić information content (AvgIpc) is 3.49. The van der Waals surface area contributed by atoms with E-state index in [0.29, 0.717) is 25.9 Å². The first-order valence-electron chi connectivity index (χ1n) is 12.4. The highest BCUT2D eigenvalue weighted by Crippen LogP contribution is 2.35. The Morgan fingerprint density at radius 2 is 1.83 bits per heavy atom. The van der Waals surface area contributed by atoms with E-state index in [2.05, 4.69) is 47.3 Å². The molecule has 0 aliphatic carbocycles. The number of hydrogen-bond acceptors (Lipinski definition) is 5. The molecule has 0 atom stereocenters. The van der Waals surface area contributed by atoms with Crippen molar-refractivity contribution in [2.24, 2.45) is 13.0 Å². The van der Waals surface area contributed by atoms with Crippen molar-refractivity contribution in [3.8, 4) is 16.9 Å². The van der Waals surface area contributed by atoms with Crippen molar-refractivity contribution in [2.75, 3.05) is 18.0 Å². The third kappa shape index (κ3) is 3.69. The maximum Gasteiger partial charge on any atom is 0.306 e. The number of carboxylic acid groups (broad SMARTS) is 1. The molecule has 36 heavy (non-hydrogen) atoms. The number of aryl methyl sites for hydroxylation is 2. The molecular weight excluding hydrogens is 452 g/mol. The van der Waals surface area contributed by atoms with Crippen molar-refractivity contribution in [2.45, 2.75) is 26.2 Å². The lowest BCUT2D eigenvalue weighted by Gasteiger charge is -2.31. The van der Waals surface area contributed by atoms with E-state index in [1.165, 1.54) is 5.56 Å². The number of hydrogen-bond donors (Lipinski definition) is 1. The van der Waals surface area contributed by atoms with Gasteiger partial charge in [0.05, 0.1) is 28.8 Å². The van der Waals surface area contributed by atoms with Crippen molar-refractivity contribution in [1.29, 1.82) is 0 Å². The third-order valence-corrected chi connectivity index (χ3v) is 7.23.